The molecule has 0 heterocycles. The smallest absolute Gasteiger partial charge is 0.257 e. The molecule has 4 N–H and O–H groups in total. The first-order valence-electron chi connectivity index (χ1n) is 5.54. The van der Waals surface area contributed by atoms with Crippen molar-refractivity contribution in [1.82, 2.24) is 0 Å². The van der Waals surface area contributed by atoms with Crippen molar-refractivity contribution in [3.8, 4) is 0 Å². The quantitative estimate of drug-likeness (QED) is 0.598. The van der Waals surface area contributed by atoms with E-state index in [1.54, 1.807) is 12.1 Å². The zero-order chi connectivity index (χ0) is 14.7. The molecule has 0 saturated heterocycles. The third-order valence-corrected chi connectivity index (χ3v) is 3.12. The van der Waals surface area contributed by atoms with Gasteiger partial charge in [-0.3, -0.25) is 10.6 Å². The summed E-state index contributed by atoms with van der Waals surface area (Å²) in [6.45, 7) is 0. The van der Waals surface area contributed by atoms with Crippen LogP contribution in [-0.4, -0.2) is 5.91 Å². The Hall–Kier alpha value is -1.82. The molecule has 0 aliphatic heterocycles. The van der Waals surface area contributed by atoms with Crippen molar-refractivity contribution >= 4 is 40.5 Å². The van der Waals surface area contributed by atoms with Crippen molar-refractivity contribution < 1.29 is 9.18 Å². The maximum atomic E-state index is 13.1. The Morgan fingerprint density at radius 3 is 2.55 bits per heavy atom. The highest BCUT2D eigenvalue weighted by molar-refractivity contribution is 6.34. The number of rotatable bonds is 3. The average molecular weight is 314 g/mol. The molecule has 0 aliphatic rings. The standard InChI is InChI=1S/C13H10Cl2FN3O/c14-7-1-4-11(19-17)9(5-7)13(20)18-12-6-8(16)2-3-10(12)15/h1-6,19H,17H2,(H,18,20). The highest BCUT2D eigenvalue weighted by atomic mass is 35.5. The van der Waals surface area contributed by atoms with Crippen molar-refractivity contribution in [2.75, 3.05) is 10.7 Å². The number of halogens is 3. The molecule has 0 spiro atoms. The molecular formula is C13H10Cl2FN3O. The van der Waals surface area contributed by atoms with Crippen LogP contribution in [0.2, 0.25) is 10.0 Å². The van der Waals surface area contributed by atoms with E-state index in [0.717, 1.165) is 6.07 Å². The van der Waals surface area contributed by atoms with Gasteiger partial charge in [-0.05, 0) is 36.4 Å². The summed E-state index contributed by atoms with van der Waals surface area (Å²) in [5.74, 6) is 4.31. The van der Waals surface area contributed by atoms with Crippen molar-refractivity contribution in [3.63, 3.8) is 0 Å². The van der Waals surface area contributed by atoms with Gasteiger partial charge >= 0.3 is 0 Å². The van der Waals surface area contributed by atoms with Crippen LogP contribution in [0.3, 0.4) is 0 Å². The van der Waals surface area contributed by atoms with Crippen molar-refractivity contribution in [3.05, 3.63) is 57.8 Å². The zero-order valence-electron chi connectivity index (χ0n) is 10.1. The maximum absolute atomic E-state index is 13.1. The highest BCUT2D eigenvalue weighted by Gasteiger charge is 2.13. The number of hydrogen-bond donors (Lipinski definition) is 3. The Balaban J connectivity index is 2.32. The summed E-state index contributed by atoms with van der Waals surface area (Å²) >= 11 is 11.7. The number of amides is 1. The molecule has 104 valence electrons. The molecule has 0 aliphatic carbocycles. The Morgan fingerprint density at radius 1 is 1.10 bits per heavy atom. The lowest BCUT2D eigenvalue weighted by atomic mass is 10.1. The number of hydrogen-bond acceptors (Lipinski definition) is 3. The topological polar surface area (TPSA) is 67.1 Å². The summed E-state index contributed by atoms with van der Waals surface area (Å²) in [7, 11) is 0. The lowest BCUT2D eigenvalue weighted by Crippen LogP contribution is -2.17. The third-order valence-electron chi connectivity index (χ3n) is 2.56. The number of nitrogens with two attached hydrogens (primary N) is 1. The van der Waals surface area contributed by atoms with E-state index in [4.69, 9.17) is 29.0 Å². The molecule has 7 heteroatoms. The second-order valence-electron chi connectivity index (χ2n) is 3.91. The molecule has 0 radical (unpaired) electrons. The molecule has 1 amide bonds. The zero-order valence-corrected chi connectivity index (χ0v) is 11.6. The van der Waals surface area contributed by atoms with Crippen LogP contribution in [0.15, 0.2) is 36.4 Å². The number of nitrogens with one attached hydrogen (secondary N) is 2. The van der Waals surface area contributed by atoms with E-state index >= 15 is 0 Å². The van der Waals surface area contributed by atoms with Gasteiger partial charge in [0.2, 0.25) is 0 Å². The van der Waals surface area contributed by atoms with Gasteiger partial charge in [0.25, 0.3) is 5.91 Å². The fourth-order valence-electron chi connectivity index (χ4n) is 1.61. The van der Waals surface area contributed by atoms with Gasteiger partial charge in [0.05, 0.1) is 22.0 Å². The first-order valence-corrected chi connectivity index (χ1v) is 6.29. The van der Waals surface area contributed by atoms with Crippen LogP contribution in [0.4, 0.5) is 15.8 Å². The molecule has 0 aromatic heterocycles. The van der Waals surface area contributed by atoms with E-state index in [0.29, 0.717) is 10.7 Å². The van der Waals surface area contributed by atoms with Crippen molar-refractivity contribution in [2.45, 2.75) is 0 Å². The van der Waals surface area contributed by atoms with Gasteiger partial charge in [-0.2, -0.15) is 0 Å². The van der Waals surface area contributed by atoms with Gasteiger partial charge in [0.15, 0.2) is 0 Å². The molecule has 20 heavy (non-hydrogen) atoms. The molecule has 0 saturated carbocycles. The number of nitrogen functional groups attached to an aromatic ring is 1. The number of anilines is 2. The molecule has 0 bridgehead atoms. The Labute approximate surface area is 124 Å². The van der Waals surface area contributed by atoms with Gasteiger partial charge in [0, 0.05) is 5.02 Å². The van der Waals surface area contributed by atoms with Crippen molar-refractivity contribution in [2.24, 2.45) is 5.84 Å². The van der Waals surface area contributed by atoms with E-state index in [1.807, 2.05) is 0 Å². The van der Waals surface area contributed by atoms with Gasteiger partial charge < -0.3 is 10.7 Å². The van der Waals surface area contributed by atoms with E-state index in [9.17, 15) is 9.18 Å². The summed E-state index contributed by atoms with van der Waals surface area (Å²) < 4.78 is 13.1. The molecule has 0 atom stereocenters. The van der Waals surface area contributed by atoms with Crippen LogP contribution in [0, 0.1) is 5.82 Å². The molecule has 2 rings (SSSR count). The molecule has 2 aromatic rings. The minimum atomic E-state index is -0.507. The Kier molecular flexibility index (Phi) is 4.44. The van der Waals surface area contributed by atoms with Crippen LogP contribution in [0.25, 0.3) is 0 Å². The minimum absolute atomic E-state index is 0.166. The lowest BCUT2D eigenvalue weighted by Gasteiger charge is -2.11. The van der Waals surface area contributed by atoms with Crippen LogP contribution in [0.5, 0.6) is 0 Å². The summed E-state index contributed by atoms with van der Waals surface area (Å²) in [6, 6.07) is 8.27. The first-order chi connectivity index (χ1) is 9.51. The lowest BCUT2D eigenvalue weighted by molar-refractivity contribution is 0.102. The van der Waals surface area contributed by atoms with E-state index in [1.165, 1.54) is 18.2 Å². The predicted octanol–water partition coefficient (Wildman–Crippen LogP) is 3.67. The van der Waals surface area contributed by atoms with Gasteiger partial charge in [-0.15, -0.1) is 0 Å². The second-order valence-corrected chi connectivity index (χ2v) is 4.76. The summed E-state index contributed by atoms with van der Waals surface area (Å²) in [5, 5.41) is 3.10. The fourth-order valence-corrected chi connectivity index (χ4v) is 1.95. The van der Waals surface area contributed by atoms with E-state index < -0.39 is 11.7 Å². The first kappa shape index (κ1) is 14.6. The summed E-state index contributed by atoms with van der Waals surface area (Å²) in [6.07, 6.45) is 0. The molecule has 0 fully saturated rings. The molecule has 2 aromatic carbocycles. The number of carbonyl (C=O) groups is 1. The SMILES string of the molecule is NNc1ccc(Cl)cc1C(=O)Nc1cc(F)ccc1Cl. The normalized spacial score (nSPS) is 10.2. The Bertz CT molecular complexity index is 664. The van der Waals surface area contributed by atoms with E-state index in [2.05, 4.69) is 10.7 Å². The predicted molar refractivity (Wildman–Crippen MR) is 78.6 cm³/mol. The third kappa shape index (κ3) is 3.19. The van der Waals surface area contributed by atoms with Crippen LogP contribution >= 0.6 is 23.2 Å². The molecule has 4 nitrogen and oxygen atoms in total. The van der Waals surface area contributed by atoms with E-state index in [-0.39, 0.29) is 16.3 Å². The fraction of sp³-hybridized carbons (Fsp3) is 0. The Morgan fingerprint density at radius 2 is 1.85 bits per heavy atom. The van der Waals surface area contributed by atoms with Crippen molar-refractivity contribution in [1.29, 1.82) is 0 Å². The minimum Gasteiger partial charge on any atom is -0.323 e. The van der Waals surface area contributed by atoms with Crippen LogP contribution < -0.4 is 16.6 Å². The summed E-state index contributed by atoms with van der Waals surface area (Å²) in [5.41, 5.74) is 3.17. The number of carbonyl (C=O) groups excluding carboxylic acids is 1. The molecular weight excluding hydrogens is 304 g/mol. The summed E-state index contributed by atoms with van der Waals surface area (Å²) in [4.78, 5) is 12.2. The monoisotopic (exact) mass is 313 g/mol. The number of benzene rings is 2. The molecule has 0 unspecified atom stereocenters. The van der Waals surface area contributed by atoms with Crippen LogP contribution in [0.1, 0.15) is 10.4 Å². The second kappa shape index (κ2) is 6.09. The van der Waals surface area contributed by atoms with Gasteiger partial charge in [-0.1, -0.05) is 23.2 Å². The van der Waals surface area contributed by atoms with Gasteiger partial charge in [-0.25, -0.2) is 4.39 Å². The largest absolute Gasteiger partial charge is 0.323 e. The maximum Gasteiger partial charge on any atom is 0.257 e. The van der Waals surface area contributed by atoms with Crippen LogP contribution in [-0.2, 0) is 0 Å². The number of hydrazine groups is 1. The highest BCUT2D eigenvalue weighted by Crippen LogP contribution is 2.25. The van der Waals surface area contributed by atoms with Gasteiger partial charge in [0.1, 0.15) is 5.82 Å². The average Bonchev–Trinajstić information content (AvgIpc) is 2.42.